The Morgan fingerprint density at radius 2 is 1.90 bits per heavy atom. The van der Waals surface area contributed by atoms with Crippen LogP contribution in [0, 0.1) is 18.6 Å². The van der Waals surface area contributed by atoms with Crippen LogP contribution in [0.15, 0.2) is 36.4 Å². The summed E-state index contributed by atoms with van der Waals surface area (Å²) in [6.45, 7) is 1.73. The van der Waals surface area contributed by atoms with E-state index < -0.39 is 11.6 Å². The summed E-state index contributed by atoms with van der Waals surface area (Å²) in [5.74, 6) is -0.944. The maximum absolute atomic E-state index is 14.0. The number of halogens is 2. The summed E-state index contributed by atoms with van der Waals surface area (Å²) in [5.41, 5.74) is 6.79. The van der Waals surface area contributed by atoms with Crippen molar-refractivity contribution in [3.05, 3.63) is 53.6 Å². The zero-order valence-electron chi connectivity index (χ0n) is 11.1. The minimum atomic E-state index is -0.569. The van der Waals surface area contributed by atoms with Crippen LogP contribution in [0.3, 0.4) is 0 Å². The average Bonchev–Trinajstić information content (AvgIpc) is 2.87. The van der Waals surface area contributed by atoms with Crippen LogP contribution in [0.4, 0.5) is 14.5 Å². The maximum atomic E-state index is 14.0. The molecule has 0 bridgehead atoms. The Kier molecular flexibility index (Phi) is 3.09. The van der Waals surface area contributed by atoms with Gasteiger partial charge in [-0.2, -0.15) is 4.68 Å². The number of nitrogens with zero attached hydrogens (tertiary/aromatic N) is 4. The highest BCUT2D eigenvalue weighted by Gasteiger charge is 2.18. The van der Waals surface area contributed by atoms with E-state index in [0.717, 1.165) is 0 Å². The van der Waals surface area contributed by atoms with E-state index in [2.05, 4.69) is 15.5 Å². The minimum absolute atomic E-state index is 0.112. The van der Waals surface area contributed by atoms with E-state index in [9.17, 15) is 8.78 Å². The molecule has 5 nitrogen and oxygen atoms in total. The molecule has 0 aliphatic carbocycles. The van der Waals surface area contributed by atoms with Gasteiger partial charge in [0.05, 0.1) is 5.56 Å². The van der Waals surface area contributed by atoms with E-state index in [1.165, 1.54) is 28.9 Å². The lowest BCUT2D eigenvalue weighted by Crippen LogP contribution is -2.06. The molecule has 106 valence electrons. The van der Waals surface area contributed by atoms with Gasteiger partial charge in [-0.15, -0.1) is 5.10 Å². The van der Waals surface area contributed by atoms with Crippen molar-refractivity contribution >= 4 is 5.69 Å². The number of hydrogen-bond donors (Lipinski definition) is 1. The Hall–Kier alpha value is -2.83. The van der Waals surface area contributed by atoms with Crippen LogP contribution in [-0.4, -0.2) is 20.2 Å². The van der Waals surface area contributed by atoms with Gasteiger partial charge in [0.2, 0.25) is 0 Å². The summed E-state index contributed by atoms with van der Waals surface area (Å²) >= 11 is 0. The number of anilines is 1. The lowest BCUT2D eigenvalue weighted by atomic mass is 10.1. The molecule has 3 aromatic rings. The first-order valence-corrected chi connectivity index (χ1v) is 6.17. The zero-order valence-corrected chi connectivity index (χ0v) is 11.1. The second-order valence-corrected chi connectivity index (χ2v) is 4.56. The van der Waals surface area contributed by atoms with Crippen LogP contribution >= 0.6 is 0 Å². The topological polar surface area (TPSA) is 69.6 Å². The molecule has 2 N–H and O–H groups in total. The van der Waals surface area contributed by atoms with Crippen molar-refractivity contribution in [1.29, 1.82) is 0 Å². The maximum Gasteiger partial charge on any atom is 0.190 e. The van der Waals surface area contributed by atoms with Gasteiger partial charge in [-0.3, -0.25) is 0 Å². The molecule has 0 saturated carbocycles. The molecule has 1 aromatic heterocycles. The summed E-state index contributed by atoms with van der Waals surface area (Å²) in [6.07, 6.45) is 0. The molecular formula is C14H11F2N5. The number of rotatable bonds is 2. The summed E-state index contributed by atoms with van der Waals surface area (Å²) in [6, 6.07) is 8.77. The largest absolute Gasteiger partial charge is 0.399 e. The standard InChI is InChI=1S/C14H11F2N5/c1-8-3-2-4-11(15)13(8)21-14(18-19-20-21)10-6-5-9(17)7-12(10)16/h2-7H,17H2,1H3. The van der Waals surface area contributed by atoms with Gasteiger partial charge in [-0.1, -0.05) is 12.1 Å². The van der Waals surface area contributed by atoms with E-state index in [1.807, 2.05) is 0 Å². The van der Waals surface area contributed by atoms with E-state index >= 15 is 0 Å². The van der Waals surface area contributed by atoms with Crippen molar-refractivity contribution < 1.29 is 8.78 Å². The number of nitrogens with two attached hydrogens (primary N) is 1. The normalized spacial score (nSPS) is 10.8. The third-order valence-electron chi connectivity index (χ3n) is 3.10. The molecular weight excluding hydrogens is 276 g/mol. The molecule has 1 heterocycles. The predicted molar refractivity (Wildman–Crippen MR) is 73.7 cm³/mol. The van der Waals surface area contributed by atoms with Crippen molar-refractivity contribution in [2.24, 2.45) is 0 Å². The lowest BCUT2D eigenvalue weighted by Gasteiger charge is -2.09. The fourth-order valence-corrected chi connectivity index (χ4v) is 2.11. The number of nitrogen functional groups attached to an aromatic ring is 1. The molecule has 3 rings (SSSR count). The molecule has 7 heteroatoms. The van der Waals surface area contributed by atoms with Crippen LogP contribution in [0.5, 0.6) is 0 Å². The lowest BCUT2D eigenvalue weighted by molar-refractivity contribution is 0.604. The van der Waals surface area contributed by atoms with Gasteiger partial charge in [-0.05, 0) is 47.2 Å². The molecule has 0 fully saturated rings. The van der Waals surface area contributed by atoms with Gasteiger partial charge >= 0.3 is 0 Å². The number of hydrogen-bond acceptors (Lipinski definition) is 4. The summed E-state index contributed by atoms with van der Waals surface area (Å²) in [5, 5.41) is 11.1. The average molecular weight is 287 g/mol. The zero-order chi connectivity index (χ0) is 15.0. The SMILES string of the molecule is Cc1cccc(F)c1-n1nnnc1-c1ccc(N)cc1F. The first-order chi connectivity index (χ1) is 10.1. The molecule has 0 spiro atoms. The smallest absolute Gasteiger partial charge is 0.190 e. The van der Waals surface area contributed by atoms with E-state index in [0.29, 0.717) is 5.56 Å². The monoisotopic (exact) mass is 287 g/mol. The molecule has 0 unspecified atom stereocenters. The first kappa shape index (κ1) is 13.2. The third-order valence-corrected chi connectivity index (χ3v) is 3.10. The Balaban J connectivity index is 2.22. The van der Waals surface area contributed by atoms with E-state index in [4.69, 9.17) is 5.73 Å². The highest BCUT2D eigenvalue weighted by Crippen LogP contribution is 2.26. The molecule has 0 atom stereocenters. The fraction of sp³-hybridized carbons (Fsp3) is 0.0714. The molecule has 0 aliphatic rings. The Morgan fingerprint density at radius 1 is 1.10 bits per heavy atom. The van der Waals surface area contributed by atoms with Crippen molar-refractivity contribution in [3.8, 4) is 17.1 Å². The molecule has 0 aliphatic heterocycles. The van der Waals surface area contributed by atoms with Gasteiger partial charge in [0.1, 0.15) is 17.3 Å². The van der Waals surface area contributed by atoms with Gasteiger partial charge in [-0.25, -0.2) is 8.78 Å². The van der Waals surface area contributed by atoms with Gasteiger partial charge in [0.15, 0.2) is 5.82 Å². The summed E-state index contributed by atoms with van der Waals surface area (Å²) in [7, 11) is 0. The van der Waals surface area contributed by atoms with Crippen molar-refractivity contribution in [2.45, 2.75) is 6.92 Å². The van der Waals surface area contributed by atoms with Crippen LogP contribution in [0.1, 0.15) is 5.56 Å². The molecule has 21 heavy (non-hydrogen) atoms. The Bertz CT molecular complexity index is 793. The quantitative estimate of drug-likeness (QED) is 0.735. The summed E-state index contributed by atoms with van der Waals surface area (Å²) in [4.78, 5) is 0. The molecule has 0 radical (unpaired) electrons. The van der Waals surface area contributed by atoms with Crippen molar-refractivity contribution in [3.63, 3.8) is 0 Å². The fourth-order valence-electron chi connectivity index (χ4n) is 2.11. The van der Waals surface area contributed by atoms with Crippen molar-refractivity contribution in [1.82, 2.24) is 20.2 Å². The number of para-hydroxylation sites is 1. The van der Waals surface area contributed by atoms with Gasteiger partial charge in [0, 0.05) is 5.69 Å². The molecule has 0 amide bonds. The van der Waals surface area contributed by atoms with Crippen LogP contribution in [-0.2, 0) is 0 Å². The number of aryl methyl sites for hydroxylation is 1. The highest BCUT2D eigenvalue weighted by molar-refractivity contribution is 5.62. The first-order valence-electron chi connectivity index (χ1n) is 6.17. The number of tetrazole rings is 1. The third kappa shape index (κ3) is 2.22. The Labute approximate surface area is 119 Å². The highest BCUT2D eigenvalue weighted by atomic mass is 19.1. The van der Waals surface area contributed by atoms with Crippen LogP contribution < -0.4 is 5.73 Å². The van der Waals surface area contributed by atoms with Gasteiger partial charge in [0.25, 0.3) is 0 Å². The van der Waals surface area contributed by atoms with E-state index in [-0.39, 0.29) is 22.8 Å². The number of aromatic nitrogens is 4. The number of benzene rings is 2. The molecule has 0 saturated heterocycles. The minimum Gasteiger partial charge on any atom is -0.399 e. The second kappa shape index (κ2) is 4.93. The Morgan fingerprint density at radius 3 is 2.62 bits per heavy atom. The molecule has 2 aromatic carbocycles. The van der Waals surface area contributed by atoms with Crippen molar-refractivity contribution in [2.75, 3.05) is 5.73 Å². The van der Waals surface area contributed by atoms with Gasteiger partial charge < -0.3 is 5.73 Å². The van der Waals surface area contributed by atoms with E-state index in [1.54, 1.807) is 19.1 Å². The summed E-state index contributed by atoms with van der Waals surface area (Å²) < 4.78 is 29.3. The van der Waals surface area contributed by atoms with Crippen LogP contribution in [0.25, 0.3) is 17.1 Å². The predicted octanol–water partition coefficient (Wildman–Crippen LogP) is 2.50. The van der Waals surface area contributed by atoms with Crippen LogP contribution in [0.2, 0.25) is 0 Å². The second-order valence-electron chi connectivity index (χ2n) is 4.56.